The fraction of sp³-hybridized carbons (Fsp3) is 0.357. The average molecular weight is 275 g/mol. The van der Waals surface area contributed by atoms with Crippen LogP contribution >= 0.6 is 0 Å². The molecule has 1 aromatic carbocycles. The van der Waals surface area contributed by atoms with Crippen molar-refractivity contribution in [3.05, 3.63) is 46.1 Å². The highest BCUT2D eigenvalue weighted by Crippen LogP contribution is 2.15. The van der Waals surface area contributed by atoms with Crippen molar-refractivity contribution in [1.29, 1.82) is 0 Å². The molecule has 0 saturated heterocycles. The summed E-state index contributed by atoms with van der Waals surface area (Å²) in [6.07, 6.45) is 0. The molecule has 1 aromatic heterocycles. The summed E-state index contributed by atoms with van der Waals surface area (Å²) in [6, 6.07) is 7.47. The van der Waals surface area contributed by atoms with Crippen LogP contribution in [0.5, 0.6) is 0 Å². The van der Waals surface area contributed by atoms with Crippen LogP contribution in [0.2, 0.25) is 0 Å². The quantitative estimate of drug-likeness (QED) is 0.864. The van der Waals surface area contributed by atoms with Crippen LogP contribution in [0.15, 0.2) is 29.1 Å². The van der Waals surface area contributed by atoms with Gasteiger partial charge < -0.3 is 4.74 Å². The van der Waals surface area contributed by atoms with Crippen LogP contribution in [0, 0.1) is 0 Å². The first kappa shape index (κ1) is 14.0. The standard InChI is InChI=1S/C14H17N3O3/c1-4-20-13(18)12-15-14(19)17(16-12)11-7-5-10(6-8-11)9(2)3/h5-9H,4H2,1-3H3,(H,15,16,19). The number of hydrogen-bond donors (Lipinski definition) is 1. The van der Waals surface area contributed by atoms with Crippen molar-refractivity contribution in [1.82, 2.24) is 14.8 Å². The molecule has 2 rings (SSSR count). The Bertz CT molecular complexity index is 653. The summed E-state index contributed by atoms with van der Waals surface area (Å²) >= 11 is 0. The largest absolute Gasteiger partial charge is 0.460 e. The molecular formula is C14H17N3O3. The molecule has 0 bridgehead atoms. The third-order valence-corrected chi connectivity index (χ3v) is 2.89. The molecule has 0 aliphatic heterocycles. The first-order valence-electron chi connectivity index (χ1n) is 6.49. The van der Waals surface area contributed by atoms with Crippen LogP contribution in [0.25, 0.3) is 5.69 Å². The predicted octanol–water partition coefficient (Wildman–Crippen LogP) is 1.86. The highest BCUT2D eigenvalue weighted by molar-refractivity contribution is 5.84. The number of H-pyrrole nitrogens is 1. The lowest BCUT2D eigenvalue weighted by Gasteiger charge is -2.05. The molecule has 0 fully saturated rings. The van der Waals surface area contributed by atoms with Crippen LogP contribution in [0.4, 0.5) is 0 Å². The van der Waals surface area contributed by atoms with E-state index in [9.17, 15) is 9.59 Å². The number of nitrogens with zero attached hydrogens (tertiary/aromatic N) is 2. The molecule has 106 valence electrons. The van der Waals surface area contributed by atoms with Gasteiger partial charge in [-0.1, -0.05) is 26.0 Å². The third-order valence-electron chi connectivity index (χ3n) is 2.89. The van der Waals surface area contributed by atoms with Crippen LogP contribution in [-0.2, 0) is 4.74 Å². The zero-order valence-corrected chi connectivity index (χ0v) is 11.7. The van der Waals surface area contributed by atoms with Crippen molar-refractivity contribution < 1.29 is 9.53 Å². The van der Waals surface area contributed by atoms with Crippen molar-refractivity contribution in [2.45, 2.75) is 26.7 Å². The predicted molar refractivity (Wildman–Crippen MR) is 74.2 cm³/mol. The topological polar surface area (TPSA) is 77.0 Å². The molecule has 0 atom stereocenters. The molecule has 0 amide bonds. The monoisotopic (exact) mass is 275 g/mol. The van der Waals surface area contributed by atoms with Gasteiger partial charge in [-0.3, -0.25) is 4.98 Å². The van der Waals surface area contributed by atoms with Crippen molar-refractivity contribution in [3.8, 4) is 5.69 Å². The lowest BCUT2D eigenvalue weighted by molar-refractivity contribution is 0.0512. The second-order valence-electron chi connectivity index (χ2n) is 4.66. The number of hydrogen-bond acceptors (Lipinski definition) is 4. The van der Waals surface area contributed by atoms with Gasteiger partial charge in [0.25, 0.3) is 0 Å². The second kappa shape index (κ2) is 5.73. The zero-order chi connectivity index (χ0) is 14.7. The van der Waals surface area contributed by atoms with Crippen molar-refractivity contribution in [3.63, 3.8) is 0 Å². The molecule has 0 saturated carbocycles. The second-order valence-corrected chi connectivity index (χ2v) is 4.66. The summed E-state index contributed by atoms with van der Waals surface area (Å²) in [5.41, 5.74) is 1.31. The van der Waals surface area contributed by atoms with Crippen molar-refractivity contribution in [2.75, 3.05) is 6.61 Å². The fourth-order valence-electron chi connectivity index (χ4n) is 1.79. The van der Waals surface area contributed by atoms with Gasteiger partial charge in [-0.25, -0.2) is 9.59 Å². The average Bonchev–Trinajstić information content (AvgIpc) is 2.81. The highest BCUT2D eigenvalue weighted by Gasteiger charge is 2.15. The number of esters is 1. The van der Waals surface area contributed by atoms with E-state index in [0.29, 0.717) is 11.6 Å². The van der Waals surface area contributed by atoms with Crippen LogP contribution in [-0.4, -0.2) is 27.3 Å². The molecule has 6 nitrogen and oxygen atoms in total. The van der Waals surface area contributed by atoms with Gasteiger partial charge in [0.15, 0.2) is 0 Å². The number of benzene rings is 1. The van der Waals surface area contributed by atoms with Gasteiger partial charge in [-0.15, -0.1) is 5.10 Å². The summed E-state index contributed by atoms with van der Waals surface area (Å²) in [6.45, 7) is 6.11. The maximum absolute atomic E-state index is 11.8. The van der Waals surface area contributed by atoms with Crippen LogP contribution in [0.1, 0.15) is 42.9 Å². The molecule has 2 aromatic rings. The van der Waals surface area contributed by atoms with Gasteiger partial charge >= 0.3 is 11.7 Å². The number of nitrogens with one attached hydrogen (secondary N) is 1. The Labute approximate surface area is 116 Å². The molecule has 6 heteroatoms. The number of aromatic amines is 1. The van der Waals surface area contributed by atoms with E-state index in [1.807, 2.05) is 12.1 Å². The van der Waals surface area contributed by atoms with E-state index in [1.165, 1.54) is 5.56 Å². The maximum Gasteiger partial charge on any atom is 0.376 e. The highest BCUT2D eigenvalue weighted by atomic mass is 16.5. The fourth-order valence-corrected chi connectivity index (χ4v) is 1.79. The minimum atomic E-state index is -0.637. The van der Waals surface area contributed by atoms with E-state index in [4.69, 9.17) is 4.74 Å². The molecule has 1 heterocycles. The van der Waals surface area contributed by atoms with Crippen molar-refractivity contribution >= 4 is 5.97 Å². The van der Waals surface area contributed by atoms with Crippen LogP contribution in [0.3, 0.4) is 0 Å². The van der Waals surface area contributed by atoms with Gasteiger partial charge in [0.2, 0.25) is 5.82 Å². The van der Waals surface area contributed by atoms with E-state index in [1.54, 1.807) is 19.1 Å². The van der Waals surface area contributed by atoms with E-state index in [0.717, 1.165) is 4.68 Å². The Kier molecular flexibility index (Phi) is 4.02. The molecule has 0 aliphatic carbocycles. The van der Waals surface area contributed by atoms with Gasteiger partial charge in [0, 0.05) is 0 Å². The van der Waals surface area contributed by atoms with Gasteiger partial charge in [0.1, 0.15) is 0 Å². The summed E-state index contributed by atoms with van der Waals surface area (Å²) in [7, 11) is 0. The maximum atomic E-state index is 11.8. The lowest BCUT2D eigenvalue weighted by Crippen LogP contribution is -2.15. The van der Waals surface area contributed by atoms with E-state index in [2.05, 4.69) is 23.9 Å². The molecule has 0 spiro atoms. The van der Waals surface area contributed by atoms with Gasteiger partial charge in [-0.05, 0) is 30.5 Å². The normalized spacial score (nSPS) is 10.8. The number of aromatic nitrogens is 3. The number of carbonyl (C=O) groups excluding carboxylic acids is 1. The number of ether oxygens (including phenoxy) is 1. The Morgan fingerprint density at radius 1 is 1.35 bits per heavy atom. The SMILES string of the molecule is CCOC(=O)c1nn(-c2ccc(C(C)C)cc2)c(=O)[nH]1. The van der Waals surface area contributed by atoms with E-state index in [-0.39, 0.29) is 12.4 Å². The molecule has 0 radical (unpaired) electrons. The summed E-state index contributed by atoms with van der Waals surface area (Å²) < 4.78 is 5.95. The van der Waals surface area contributed by atoms with Crippen LogP contribution < -0.4 is 5.69 Å². The first-order valence-corrected chi connectivity index (χ1v) is 6.49. The number of rotatable bonds is 4. The molecule has 0 aliphatic rings. The Balaban J connectivity index is 2.33. The van der Waals surface area contributed by atoms with E-state index < -0.39 is 11.7 Å². The lowest BCUT2D eigenvalue weighted by atomic mass is 10.0. The molecule has 1 N–H and O–H groups in total. The van der Waals surface area contributed by atoms with Gasteiger partial charge in [0.05, 0.1) is 12.3 Å². The Hall–Kier alpha value is -2.37. The Morgan fingerprint density at radius 2 is 2.00 bits per heavy atom. The van der Waals surface area contributed by atoms with Crippen molar-refractivity contribution in [2.24, 2.45) is 0 Å². The molecular weight excluding hydrogens is 258 g/mol. The number of carbonyl (C=O) groups is 1. The summed E-state index contributed by atoms with van der Waals surface area (Å²) in [5, 5.41) is 3.95. The Morgan fingerprint density at radius 3 is 2.55 bits per heavy atom. The van der Waals surface area contributed by atoms with E-state index >= 15 is 0 Å². The summed E-state index contributed by atoms with van der Waals surface area (Å²) in [4.78, 5) is 25.7. The summed E-state index contributed by atoms with van der Waals surface area (Å²) in [5.74, 6) is -0.318. The first-order chi connectivity index (χ1) is 9.52. The third kappa shape index (κ3) is 2.79. The molecule has 0 unspecified atom stereocenters. The minimum absolute atomic E-state index is 0.0928. The molecule has 20 heavy (non-hydrogen) atoms. The zero-order valence-electron chi connectivity index (χ0n) is 11.7. The smallest absolute Gasteiger partial charge is 0.376 e. The van der Waals surface area contributed by atoms with Gasteiger partial charge in [-0.2, -0.15) is 4.68 Å². The minimum Gasteiger partial charge on any atom is -0.460 e.